The van der Waals surface area contributed by atoms with Gasteiger partial charge in [-0.2, -0.15) is 5.10 Å². The molecule has 0 spiro atoms. The minimum atomic E-state index is -0.247. The van der Waals surface area contributed by atoms with Crippen LogP contribution in [0.5, 0.6) is 0 Å². The largest absolute Gasteiger partial charge is 0.349 e. The number of aryl methyl sites for hydroxylation is 1. The van der Waals surface area contributed by atoms with Crippen LogP contribution in [0.2, 0.25) is 0 Å². The summed E-state index contributed by atoms with van der Waals surface area (Å²) in [4.78, 5) is 14.3. The summed E-state index contributed by atoms with van der Waals surface area (Å²) in [6, 6.07) is 8.80. The van der Waals surface area contributed by atoms with Gasteiger partial charge in [-0.1, -0.05) is 12.1 Å². The molecule has 25 heavy (non-hydrogen) atoms. The van der Waals surface area contributed by atoms with Gasteiger partial charge >= 0.3 is 0 Å². The molecule has 0 saturated heterocycles. The van der Waals surface area contributed by atoms with E-state index in [-0.39, 0.29) is 29.6 Å². The van der Waals surface area contributed by atoms with Gasteiger partial charge in [0.25, 0.3) is 0 Å². The predicted octanol–water partition coefficient (Wildman–Crippen LogP) is 2.30. The Balaban J connectivity index is 1.74. The van der Waals surface area contributed by atoms with Gasteiger partial charge in [0.1, 0.15) is 5.82 Å². The highest BCUT2D eigenvalue weighted by Gasteiger charge is 2.40. The van der Waals surface area contributed by atoms with E-state index >= 15 is 0 Å². The van der Waals surface area contributed by atoms with Crippen molar-refractivity contribution >= 4 is 5.91 Å². The molecule has 1 aromatic carbocycles. The molecule has 2 aromatic rings. The zero-order valence-electron chi connectivity index (χ0n) is 14.9. The lowest BCUT2D eigenvalue weighted by Crippen LogP contribution is -2.32. The molecular formula is C19H25FN4O. The summed E-state index contributed by atoms with van der Waals surface area (Å²) >= 11 is 0. The summed E-state index contributed by atoms with van der Waals surface area (Å²) in [5, 5.41) is 7.73. The number of benzene rings is 1. The summed E-state index contributed by atoms with van der Waals surface area (Å²) in [6.07, 6.45) is 3.44. The first-order valence-corrected chi connectivity index (χ1v) is 8.62. The number of hydrogen-bond donors (Lipinski definition) is 1. The molecule has 0 unspecified atom stereocenters. The molecule has 6 heteroatoms. The Morgan fingerprint density at radius 1 is 1.28 bits per heavy atom. The van der Waals surface area contributed by atoms with Gasteiger partial charge in [0, 0.05) is 45.8 Å². The Hall–Kier alpha value is -2.21. The van der Waals surface area contributed by atoms with E-state index < -0.39 is 0 Å². The Morgan fingerprint density at radius 3 is 2.60 bits per heavy atom. The molecule has 1 amide bonds. The number of carbonyl (C=O) groups excluding carboxylic acids is 1. The van der Waals surface area contributed by atoms with Crippen molar-refractivity contribution in [3.8, 4) is 0 Å². The number of rotatable bonds is 5. The Bertz CT molecular complexity index is 725. The van der Waals surface area contributed by atoms with Crippen molar-refractivity contribution in [2.45, 2.75) is 31.3 Å². The first-order chi connectivity index (χ1) is 12.0. The third-order valence-electron chi connectivity index (χ3n) is 5.11. The molecule has 3 atom stereocenters. The van der Waals surface area contributed by atoms with E-state index in [1.54, 1.807) is 37.3 Å². The van der Waals surface area contributed by atoms with E-state index in [1.807, 2.05) is 17.8 Å². The van der Waals surface area contributed by atoms with Gasteiger partial charge in [0.15, 0.2) is 0 Å². The van der Waals surface area contributed by atoms with Crippen LogP contribution in [0.15, 0.2) is 36.5 Å². The normalized spacial score (nSPS) is 23.0. The van der Waals surface area contributed by atoms with Gasteiger partial charge in [-0.05, 0) is 42.5 Å². The maximum Gasteiger partial charge on any atom is 0.225 e. The molecule has 1 aliphatic carbocycles. The van der Waals surface area contributed by atoms with Crippen LogP contribution >= 0.6 is 0 Å². The molecule has 1 heterocycles. The van der Waals surface area contributed by atoms with Crippen LogP contribution in [-0.4, -0.2) is 40.7 Å². The van der Waals surface area contributed by atoms with Crippen LogP contribution in [0.4, 0.5) is 4.39 Å². The second-order valence-electron chi connectivity index (χ2n) is 6.99. The maximum absolute atomic E-state index is 13.3. The highest BCUT2D eigenvalue weighted by Crippen LogP contribution is 2.40. The standard InChI is InChI=1S/C19H25FN4O/c1-23(2)19(25)18-11-15(21-12-16-8-9-22-24(16)3)10-17(18)13-4-6-14(20)7-5-13/h4-9,15,17-18,21H,10-12H2,1-3H3/t15-,17+,18-/m0/s1. The van der Waals surface area contributed by atoms with E-state index in [1.165, 1.54) is 12.1 Å². The van der Waals surface area contributed by atoms with Gasteiger partial charge in [-0.25, -0.2) is 4.39 Å². The highest BCUT2D eigenvalue weighted by molar-refractivity contribution is 5.80. The van der Waals surface area contributed by atoms with Gasteiger partial charge in [0.05, 0.1) is 5.69 Å². The van der Waals surface area contributed by atoms with Crippen molar-refractivity contribution in [2.24, 2.45) is 13.0 Å². The van der Waals surface area contributed by atoms with Gasteiger partial charge in [-0.15, -0.1) is 0 Å². The summed E-state index contributed by atoms with van der Waals surface area (Å²) in [5.74, 6) is -0.0775. The molecular weight excluding hydrogens is 319 g/mol. The summed E-state index contributed by atoms with van der Waals surface area (Å²) in [5.41, 5.74) is 2.15. The number of nitrogens with one attached hydrogen (secondary N) is 1. The zero-order chi connectivity index (χ0) is 18.0. The number of amides is 1. The van der Waals surface area contributed by atoms with Crippen molar-refractivity contribution < 1.29 is 9.18 Å². The zero-order valence-corrected chi connectivity index (χ0v) is 14.9. The highest BCUT2D eigenvalue weighted by atomic mass is 19.1. The fraction of sp³-hybridized carbons (Fsp3) is 0.474. The lowest BCUT2D eigenvalue weighted by molar-refractivity contribution is -0.133. The molecule has 134 valence electrons. The average Bonchev–Trinajstić information content (AvgIpc) is 3.19. The van der Waals surface area contributed by atoms with Crippen LogP contribution in [-0.2, 0) is 18.4 Å². The summed E-state index contributed by atoms with van der Waals surface area (Å²) in [6.45, 7) is 0.722. The van der Waals surface area contributed by atoms with Gasteiger partial charge < -0.3 is 10.2 Å². The Kier molecular flexibility index (Phi) is 5.18. The van der Waals surface area contributed by atoms with E-state index in [2.05, 4.69) is 10.4 Å². The first kappa shape index (κ1) is 17.6. The molecule has 0 aliphatic heterocycles. The molecule has 1 N–H and O–H groups in total. The fourth-order valence-electron chi connectivity index (χ4n) is 3.71. The smallest absolute Gasteiger partial charge is 0.225 e. The number of nitrogens with zero attached hydrogens (tertiary/aromatic N) is 3. The van der Waals surface area contributed by atoms with E-state index in [4.69, 9.17) is 0 Å². The van der Waals surface area contributed by atoms with Crippen molar-refractivity contribution in [1.82, 2.24) is 20.0 Å². The Morgan fingerprint density at radius 2 is 2.00 bits per heavy atom. The molecule has 1 aromatic heterocycles. The van der Waals surface area contributed by atoms with Gasteiger partial charge in [0.2, 0.25) is 5.91 Å². The van der Waals surface area contributed by atoms with Crippen molar-refractivity contribution in [1.29, 1.82) is 0 Å². The van der Waals surface area contributed by atoms with Crippen molar-refractivity contribution in [3.63, 3.8) is 0 Å². The Labute approximate surface area is 147 Å². The SMILES string of the molecule is CN(C)C(=O)[C@H]1C[C@@H](NCc2ccnn2C)C[C@@H]1c1ccc(F)cc1. The van der Waals surface area contributed by atoms with Crippen molar-refractivity contribution in [2.75, 3.05) is 14.1 Å². The maximum atomic E-state index is 13.3. The minimum absolute atomic E-state index is 0.0792. The molecule has 1 aliphatic rings. The topological polar surface area (TPSA) is 50.2 Å². The minimum Gasteiger partial charge on any atom is -0.349 e. The van der Waals surface area contributed by atoms with Crippen molar-refractivity contribution in [3.05, 3.63) is 53.6 Å². The number of halogens is 1. The number of carbonyl (C=O) groups is 1. The lowest BCUT2D eigenvalue weighted by Gasteiger charge is -2.22. The van der Waals surface area contributed by atoms with Crippen LogP contribution in [0.3, 0.4) is 0 Å². The molecule has 3 rings (SSSR count). The molecule has 1 fully saturated rings. The molecule has 5 nitrogen and oxygen atoms in total. The van der Waals surface area contributed by atoms with Crippen LogP contribution in [0.25, 0.3) is 0 Å². The summed E-state index contributed by atoms with van der Waals surface area (Å²) < 4.78 is 15.1. The third kappa shape index (κ3) is 3.90. The summed E-state index contributed by atoms with van der Waals surface area (Å²) in [7, 11) is 5.51. The first-order valence-electron chi connectivity index (χ1n) is 8.62. The average molecular weight is 344 g/mol. The monoisotopic (exact) mass is 344 g/mol. The quantitative estimate of drug-likeness (QED) is 0.905. The van der Waals surface area contributed by atoms with Gasteiger partial charge in [-0.3, -0.25) is 9.48 Å². The third-order valence-corrected chi connectivity index (χ3v) is 5.11. The second kappa shape index (κ2) is 7.35. The molecule has 0 radical (unpaired) electrons. The predicted molar refractivity (Wildman–Crippen MR) is 94.4 cm³/mol. The van der Waals surface area contributed by atoms with E-state index in [0.717, 1.165) is 30.6 Å². The molecule has 1 saturated carbocycles. The van der Waals surface area contributed by atoms with Crippen LogP contribution in [0.1, 0.15) is 30.0 Å². The number of aromatic nitrogens is 2. The van der Waals surface area contributed by atoms with Crippen LogP contribution < -0.4 is 5.32 Å². The van der Waals surface area contributed by atoms with E-state index in [0.29, 0.717) is 0 Å². The fourth-order valence-corrected chi connectivity index (χ4v) is 3.71. The second-order valence-corrected chi connectivity index (χ2v) is 6.99. The van der Waals surface area contributed by atoms with Crippen LogP contribution in [0, 0.1) is 11.7 Å². The van der Waals surface area contributed by atoms with E-state index in [9.17, 15) is 9.18 Å². The number of hydrogen-bond acceptors (Lipinski definition) is 3. The lowest BCUT2D eigenvalue weighted by atomic mass is 9.88. The molecule has 0 bridgehead atoms.